The van der Waals surface area contributed by atoms with Gasteiger partial charge in [-0.3, -0.25) is 14.2 Å². The summed E-state index contributed by atoms with van der Waals surface area (Å²) in [6, 6.07) is -0.660. The van der Waals surface area contributed by atoms with Crippen LogP contribution in [0.15, 0.2) is 22.4 Å². The van der Waals surface area contributed by atoms with Crippen molar-refractivity contribution in [1.29, 1.82) is 0 Å². The highest BCUT2D eigenvalue weighted by atomic mass is 32.1. The number of morpholine rings is 1. The Hall–Kier alpha value is -2.47. The minimum Gasteiger partial charge on any atom is -0.377 e. The molecule has 0 aromatic carbocycles. The van der Waals surface area contributed by atoms with Gasteiger partial charge in [0.1, 0.15) is 11.9 Å². The first kappa shape index (κ1) is 20.8. The van der Waals surface area contributed by atoms with Crippen LogP contribution in [0.5, 0.6) is 0 Å². The highest BCUT2D eigenvalue weighted by Gasteiger charge is 2.47. The molecule has 2 atom stereocenters. The van der Waals surface area contributed by atoms with E-state index in [9.17, 15) is 22.8 Å². The summed E-state index contributed by atoms with van der Waals surface area (Å²) in [7, 11) is 0. The van der Waals surface area contributed by atoms with Gasteiger partial charge in [-0.05, 0) is 13.3 Å². The van der Waals surface area contributed by atoms with Gasteiger partial charge in [0.15, 0.2) is 5.01 Å². The van der Waals surface area contributed by atoms with Gasteiger partial charge in [-0.15, -0.1) is 11.3 Å². The van der Waals surface area contributed by atoms with Crippen LogP contribution in [0.2, 0.25) is 0 Å². The van der Waals surface area contributed by atoms with Crippen LogP contribution in [0.4, 0.5) is 24.9 Å². The number of thiazole rings is 1. The second-order valence-electron chi connectivity index (χ2n) is 7.26. The summed E-state index contributed by atoms with van der Waals surface area (Å²) in [5.74, 6) is -0.404. The van der Waals surface area contributed by atoms with E-state index in [1.807, 2.05) is 11.8 Å². The summed E-state index contributed by atoms with van der Waals surface area (Å²) in [4.78, 5) is 36.3. The van der Waals surface area contributed by atoms with E-state index >= 15 is 0 Å². The number of ether oxygens (including phenoxy) is 1. The number of ketones is 1. The number of halogens is 3. The summed E-state index contributed by atoms with van der Waals surface area (Å²) in [6.45, 7) is 2.54. The van der Waals surface area contributed by atoms with Gasteiger partial charge >= 0.3 is 6.18 Å². The van der Waals surface area contributed by atoms with Crippen LogP contribution in [-0.4, -0.2) is 64.9 Å². The number of fused-ring (bicyclic) bond motifs is 1. The molecule has 4 heterocycles. The van der Waals surface area contributed by atoms with E-state index in [4.69, 9.17) is 4.74 Å². The molecule has 0 bridgehead atoms. The Kier molecular flexibility index (Phi) is 5.53. The molecule has 2 aliphatic rings. The molecule has 1 saturated heterocycles. The fraction of sp³-hybridized carbons (Fsp3) is 0.556. The fourth-order valence-electron chi connectivity index (χ4n) is 3.78. The number of hydrogen-bond donors (Lipinski definition) is 0. The summed E-state index contributed by atoms with van der Waals surface area (Å²) >= 11 is 1.06. The lowest BCUT2D eigenvalue weighted by molar-refractivity contribution is -0.152. The van der Waals surface area contributed by atoms with Crippen molar-refractivity contribution in [2.45, 2.75) is 38.1 Å². The molecule has 0 spiro atoms. The van der Waals surface area contributed by atoms with Crippen LogP contribution in [0, 0.1) is 0 Å². The van der Waals surface area contributed by atoms with Gasteiger partial charge < -0.3 is 14.5 Å². The zero-order chi connectivity index (χ0) is 21.5. The third kappa shape index (κ3) is 3.93. The predicted octanol–water partition coefficient (Wildman–Crippen LogP) is 1.95. The van der Waals surface area contributed by atoms with E-state index in [1.165, 1.54) is 16.8 Å². The van der Waals surface area contributed by atoms with Gasteiger partial charge in [0, 0.05) is 30.7 Å². The number of aromatic nitrogens is 3. The van der Waals surface area contributed by atoms with Gasteiger partial charge in [0.05, 0.1) is 25.8 Å². The number of rotatable bonds is 4. The maximum Gasteiger partial charge on any atom is 0.408 e. The molecule has 1 fully saturated rings. The SMILES string of the molecule is CC1COCCN1c1cc(=O)n2c(n1)N(CC(=O)c1nccs1)C(C(F)(F)F)CC2. The summed E-state index contributed by atoms with van der Waals surface area (Å²) in [5.41, 5.74) is -0.444. The van der Waals surface area contributed by atoms with Crippen molar-refractivity contribution in [2.75, 3.05) is 36.1 Å². The zero-order valence-corrected chi connectivity index (χ0v) is 16.9. The van der Waals surface area contributed by atoms with E-state index in [-0.39, 0.29) is 35.8 Å². The Labute approximate surface area is 173 Å². The standard InChI is InChI=1S/C18H20F3N5O3S/c1-11-10-29-6-5-24(11)14-8-15(28)25-4-2-13(18(19,20)21)26(17(25)23-14)9-12(27)16-22-3-7-30-16/h3,7-8,11,13H,2,4-6,9-10H2,1H3. The number of nitrogens with zero attached hydrogens (tertiary/aromatic N) is 5. The lowest BCUT2D eigenvalue weighted by Crippen LogP contribution is -2.54. The predicted molar refractivity (Wildman–Crippen MR) is 104 cm³/mol. The van der Waals surface area contributed by atoms with Crippen molar-refractivity contribution in [3.8, 4) is 0 Å². The number of Topliss-reactive ketones (excluding diaryl/α,β-unsaturated/α-hetero) is 1. The van der Waals surface area contributed by atoms with Crippen LogP contribution in [0.25, 0.3) is 0 Å². The summed E-state index contributed by atoms with van der Waals surface area (Å²) in [6.07, 6.45) is -3.49. The highest BCUT2D eigenvalue weighted by molar-refractivity contribution is 7.11. The number of anilines is 2. The first-order valence-electron chi connectivity index (χ1n) is 9.48. The largest absolute Gasteiger partial charge is 0.408 e. The number of hydrogen-bond acceptors (Lipinski definition) is 8. The summed E-state index contributed by atoms with van der Waals surface area (Å²) < 4.78 is 48.0. The molecule has 8 nitrogen and oxygen atoms in total. The fourth-order valence-corrected chi connectivity index (χ4v) is 4.35. The van der Waals surface area contributed by atoms with E-state index in [0.717, 1.165) is 16.2 Å². The number of carbonyl (C=O) groups excluding carboxylic acids is 1. The highest BCUT2D eigenvalue weighted by Crippen LogP contribution is 2.34. The van der Waals surface area contributed by atoms with E-state index in [1.54, 1.807) is 5.38 Å². The molecule has 30 heavy (non-hydrogen) atoms. The van der Waals surface area contributed by atoms with Crippen molar-refractivity contribution in [2.24, 2.45) is 0 Å². The second kappa shape index (κ2) is 7.99. The quantitative estimate of drug-likeness (QED) is 0.669. The van der Waals surface area contributed by atoms with E-state index < -0.39 is 30.1 Å². The van der Waals surface area contributed by atoms with Crippen LogP contribution >= 0.6 is 11.3 Å². The first-order chi connectivity index (χ1) is 14.3. The lowest BCUT2D eigenvalue weighted by atomic mass is 10.1. The molecule has 2 unspecified atom stereocenters. The maximum atomic E-state index is 13.8. The third-order valence-electron chi connectivity index (χ3n) is 5.26. The van der Waals surface area contributed by atoms with E-state index in [0.29, 0.717) is 19.8 Å². The maximum absolute atomic E-state index is 13.8. The molecule has 4 rings (SSSR count). The molecule has 0 aliphatic carbocycles. The molecular formula is C18H20F3N5O3S. The molecule has 2 aromatic heterocycles. The normalized spacial score (nSPS) is 22.1. The van der Waals surface area contributed by atoms with Gasteiger partial charge in [-0.25, -0.2) is 4.98 Å². The minimum atomic E-state index is -4.58. The Balaban J connectivity index is 1.76. The van der Waals surface area contributed by atoms with Gasteiger partial charge in [0.2, 0.25) is 11.7 Å². The third-order valence-corrected chi connectivity index (χ3v) is 6.07. The van der Waals surface area contributed by atoms with Crippen molar-refractivity contribution in [3.63, 3.8) is 0 Å². The Bertz CT molecular complexity index is 978. The average Bonchev–Trinajstić information content (AvgIpc) is 3.23. The van der Waals surface area contributed by atoms with Crippen LogP contribution in [-0.2, 0) is 11.3 Å². The van der Waals surface area contributed by atoms with Crippen molar-refractivity contribution in [3.05, 3.63) is 33.0 Å². The zero-order valence-electron chi connectivity index (χ0n) is 16.1. The van der Waals surface area contributed by atoms with Gasteiger partial charge in [0.25, 0.3) is 5.56 Å². The number of alkyl halides is 3. The smallest absolute Gasteiger partial charge is 0.377 e. The Morgan fingerprint density at radius 1 is 1.37 bits per heavy atom. The molecule has 162 valence electrons. The van der Waals surface area contributed by atoms with Crippen molar-refractivity contribution in [1.82, 2.24) is 14.5 Å². The van der Waals surface area contributed by atoms with Crippen LogP contribution in [0.1, 0.15) is 23.1 Å². The van der Waals surface area contributed by atoms with Crippen LogP contribution < -0.4 is 15.4 Å². The van der Waals surface area contributed by atoms with Gasteiger partial charge in [-0.1, -0.05) is 0 Å². The second-order valence-corrected chi connectivity index (χ2v) is 8.15. The molecule has 0 radical (unpaired) electrons. The Morgan fingerprint density at radius 3 is 2.83 bits per heavy atom. The van der Waals surface area contributed by atoms with Crippen molar-refractivity contribution >= 4 is 28.9 Å². The molecule has 2 aromatic rings. The van der Waals surface area contributed by atoms with Crippen molar-refractivity contribution < 1.29 is 22.7 Å². The average molecular weight is 443 g/mol. The van der Waals surface area contributed by atoms with Crippen LogP contribution in [0.3, 0.4) is 0 Å². The minimum absolute atomic E-state index is 0.0823. The van der Waals surface area contributed by atoms with Gasteiger partial charge in [-0.2, -0.15) is 18.2 Å². The monoisotopic (exact) mass is 443 g/mol. The summed E-state index contributed by atoms with van der Waals surface area (Å²) in [5, 5.41) is 1.70. The number of carbonyl (C=O) groups is 1. The van der Waals surface area contributed by atoms with E-state index in [2.05, 4.69) is 9.97 Å². The molecular weight excluding hydrogens is 423 g/mol. The first-order valence-corrected chi connectivity index (χ1v) is 10.4. The molecule has 2 aliphatic heterocycles. The molecule has 0 amide bonds. The Morgan fingerprint density at radius 2 is 2.17 bits per heavy atom. The molecule has 0 N–H and O–H groups in total. The molecule has 0 saturated carbocycles. The topological polar surface area (TPSA) is 80.6 Å². The molecule has 12 heteroatoms. The lowest BCUT2D eigenvalue weighted by Gasteiger charge is -2.40.